The zero-order chi connectivity index (χ0) is 15.3. The van der Waals surface area contributed by atoms with Gasteiger partial charge < -0.3 is 15.1 Å². The van der Waals surface area contributed by atoms with Crippen molar-refractivity contribution >= 4 is 5.96 Å². The largest absolute Gasteiger partial charge is 0.356 e. The van der Waals surface area contributed by atoms with Crippen LogP contribution in [0.2, 0.25) is 0 Å². The first kappa shape index (κ1) is 16.6. The van der Waals surface area contributed by atoms with Gasteiger partial charge in [0.1, 0.15) is 0 Å². The smallest absolute Gasteiger partial charge is 0.193 e. The molecule has 21 heavy (non-hydrogen) atoms. The Balaban J connectivity index is 1.72. The van der Waals surface area contributed by atoms with Crippen LogP contribution >= 0.6 is 0 Å². The SMILES string of the molecule is CCCN1CCC(CNC(=NC)N2CCC(C)(C)C2)CC1. The molecule has 0 bridgehead atoms. The number of rotatable bonds is 4. The highest BCUT2D eigenvalue weighted by atomic mass is 15.3. The van der Waals surface area contributed by atoms with Gasteiger partial charge in [-0.3, -0.25) is 4.99 Å². The molecule has 2 rings (SSSR count). The van der Waals surface area contributed by atoms with E-state index >= 15 is 0 Å². The molecule has 0 aliphatic carbocycles. The Labute approximate surface area is 131 Å². The van der Waals surface area contributed by atoms with Crippen LogP contribution in [0.15, 0.2) is 4.99 Å². The van der Waals surface area contributed by atoms with Gasteiger partial charge in [0.2, 0.25) is 0 Å². The second-order valence-corrected chi connectivity index (χ2v) is 7.55. The van der Waals surface area contributed by atoms with Gasteiger partial charge in [-0.1, -0.05) is 20.8 Å². The minimum atomic E-state index is 0.434. The molecular weight excluding hydrogens is 260 g/mol. The number of likely N-dealkylation sites (tertiary alicyclic amines) is 2. The van der Waals surface area contributed by atoms with Gasteiger partial charge in [0.25, 0.3) is 0 Å². The summed E-state index contributed by atoms with van der Waals surface area (Å²) < 4.78 is 0. The lowest BCUT2D eigenvalue weighted by molar-refractivity contribution is 0.185. The van der Waals surface area contributed by atoms with Crippen LogP contribution in [0.5, 0.6) is 0 Å². The minimum Gasteiger partial charge on any atom is -0.356 e. The molecule has 0 spiro atoms. The molecular formula is C17H34N4. The average Bonchev–Trinajstić information content (AvgIpc) is 2.82. The van der Waals surface area contributed by atoms with Crippen LogP contribution in [0, 0.1) is 11.3 Å². The Morgan fingerprint density at radius 3 is 2.48 bits per heavy atom. The zero-order valence-electron chi connectivity index (χ0n) is 14.5. The molecule has 0 atom stereocenters. The Bertz CT molecular complexity index is 343. The molecule has 122 valence electrons. The molecule has 2 heterocycles. The van der Waals surface area contributed by atoms with Gasteiger partial charge in [-0.2, -0.15) is 0 Å². The van der Waals surface area contributed by atoms with E-state index < -0.39 is 0 Å². The average molecular weight is 294 g/mol. The summed E-state index contributed by atoms with van der Waals surface area (Å²) in [5.41, 5.74) is 0.434. The zero-order valence-corrected chi connectivity index (χ0v) is 14.5. The lowest BCUT2D eigenvalue weighted by Crippen LogP contribution is -2.44. The van der Waals surface area contributed by atoms with Crippen molar-refractivity contribution in [2.45, 2.75) is 46.5 Å². The van der Waals surface area contributed by atoms with E-state index in [0.29, 0.717) is 5.41 Å². The summed E-state index contributed by atoms with van der Waals surface area (Å²) in [5.74, 6) is 1.92. The first-order chi connectivity index (χ1) is 10.0. The van der Waals surface area contributed by atoms with E-state index in [2.05, 4.69) is 40.9 Å². The number of nitrogens with zero attached hydrogens (tertiary/aromatic N) is 3. The van der Waals surface area contributed by atoms with Gasteiger partial charge in [0, 0.05) is 26.7 Å². The number of nitrogens with one attached hydrogen (secondary N) is 1. The third-order valence-electron chi connectivity index (χ3n) is 4.98. The predicted octanol–water partition coefficient (Wildman–Crippen LogP) is 2.42. The fraction of sp³-hybridized carbons (Fsp3) is 0.941. The summed E-state index contributed by atoms with van der Waals surface area (Å²) in [5, 5.41) is 3.62. The van der Waals surface area contributed by atoms with E-state index in [-0.39, 0.29) is 0 Å². The van der Waals surface area contributed by atoms with Crippen LogP contribution in [0.25, 0.3) is 0 Å². The van der Waals surface area contributed by atoms with Gasteiger partial charge in [-0.15, -0.1) is 0 Å². The summed E-state index contributed by atoms with van der Waals surface area (Å²) >= 11 is 0. The highest BCUT2D eigenvalue weighted by molar-refractivity contribution is 5.80. The fourth-order valence-corrected chi connectivity index (χ4v) is 3.59. The summed E-state index contributed by atoms with van der Waals surface area (Å²) in [6.07, 6.45) is 5.20. The summed E-state index contributed by atoms with van der Waals surface area (Å²) in [7, 11) is 1.91. The number of hydrogen-bond donors (Lipinski definition) is 1. The number of piperidine rings is 1. The van der Waals surface area contributed by atoms with E-state index in [4.69, 9.17) is 0 Å². The molecule has 4 nitrogen and oxygen atoms in total. The normalized spacial score (nSPS) is 24.6. The van der Waals surface area contributed by atoms with Crippen LogP contribution in [-0.2, 0) is 0 Å². The molecule has 4 heteroatoms. The van der Waals surface area contributed by atoms with Crippen LogP contribution in [-0.4, -0.2) is 62.1 Å². The van der Waals surface area contributed by atoms with Crippen LogP contribution in [0.4, 0.5) is 0 Å². The van der Waals surface area contributed by atoms with Crippen molar-refractivity contribution in [1.29, 1.82) is 0 Å². The first-order valence-corrected chi connectivity index (χ1v) is 8.72. The Hall–Kier alpha value is -0.770. The second kappa shape index (κ2) is 7.48. The topological polar surface area (TPSA) is 30.9 Å². The summed E-state index contributed by atoms with van der Waals surface area (Å²) in [6, 6.07) is 0. The highest BCUT2D eigenvalue weighted by Crippen LogP contribution is 2.28. The molecule has 1 N–H and O–H groups in total. The third-order valence-corrected chi connectivity index (χ3v) is 4.98. The van der Waals surface area contributed by atoms with Gasteiger partial charge in [0.05, 0.1) is 0 Å². The quantitative estimate of drug-likeness (QED) is 0.638. The van der Waals surface area contributed by atoms with Crippen molar-refractivity contribution in [3.63, 3.8) is 0 Å². The van der Waals surface area contributed by atoms with E-state index in [9.17, 15) is 0 Å². The maximum absolute atomic E-state index is 4.49. The number of guanidine groups is 1. The van der Waals surface area contributed by atoms with Crippen molar-refractivity contribution < 1.29 is 0 Å². The Morgan fingerprint density at radius 1 is 1.24 bits per heavy atom. The van der Waals surface area contributed by atoms with Gasteiger partial charge in [0.15, 0.2) is 5.96 Å². The summed E-state index contributed by atoms with van der Waals surface area (Å²) in [4.78, 5) is 9.51. The predicted molar refractivity (Wildman–Crippen MR) is 90.8 cm³/mol. The Morgan fingerprint density at radius 2 is 1.95 bits per heavy atom. The lowest BCUT2D eigenvalue weighted by Gasteiger charge is -2.32. The van der Waals surface area contributed by atoms with E-state index in [1.54, 1.807) is 0 Å². The molecule has 0 aromatic rings. The molecule has 0 saturated carbocycles. The first-order valence-electron chi connectivity index (χ1n) is 8.72. The van der Waals surface area contributed by atoms with Crippen LogP contribution in [0.1, 0.15) is 46.5 Å². The minimum absolute atomic E-state index is 0.434. The maximum atomic E-state index is 4.49. The molecule has 2 fully saturated rings. The van der Waals surface area contributed by atoms with Crippen LogP contribution in [0.3, 0.4) is 0 Å². The van der Waals surface area contributed by atoms with Crippen molar-refractivity contribution in [3.05, 3.63) is 0 Å². The van der Waals surface area contributed by atoms with Crippen LogP contribution < -0.4 is 5.32 Å². The van der Waals surface area contributed by atoms with Crippen molar-refractivity contribution in [2.24, 2.45) is 16.3 Å². The molecule has 2 aliphatic rings. The number of aliphatic imine (C=N–C) groups is 1. The highest BCUT2D eigenvalue weighted by Gasteiger charge is 2.31. The molecule has 0 aromatic heterocycles. The van der Waals surface area contributed by atoms with Gasteiger partial charge >= 0.3 is 0 Å². The van der Waals surface area contributed by atoms with Crippen molar-refractivity contribution in [1.82, 2.24) is 15.1 Å². The van der Waals surface area contributed by atoms with Crippen molar-refractivity contribution in [2.75, 3.05) is 46.3 Å². The maximum Gasteiger partial charge on any atom is 0.193 e. The van der Waals surface area contributed by atoms with E-state index in [1.165, 1.54) is 45.3 Å². The standard InChI is InChI=1S/C17H34N4/c1-5-9-20-10-6-15(7-11-20)13-19-16(18-4)21-12-8-17(2,3)14-21/h15H,5-14H2,1-4H3,(H,18,19). The molecule has 0 radical (unpaired) electrons. The van der Waals surface area contributed by atoms with Gasteiger partial charge in [-0.25, -0.2) is 0 Å². The van der Waals surface area contributed by atoms with E-state index in [1.807, 2.05) is 7.05 Å². The van der Waals surface area contributed by atoms with Gasteiger partial charge in [-0.05, 0) is 56.7 Å². The second-order valence-electron chi connectivity index (χ2n) is 7.55. The van der Waals surface area contributed by atoms with E-state index in [0.717, 1.165) is 31.5 Å². The molecule has 0 unspecified atom stereocenters. The number of hydrogen-bond acceptors (Lipinski definition) is 2. The third kappa shape index (κ3) is 4.87. The lowest BCUT2D eigenvalue weighted by atomic mass is 9.93. The molecule has 2 saturated heterocycles. The molecule has 0 aromatic carbocycles. The molecule has 2 aliphatic heterocycles. The summed E-state index contributed by atoms with van der Waals surface area (Å²) in [6.45, 7) is 14.1. The molecule has 0 amide bonds. The Kier molecular flexibility index (Phi) is 5.91. The monoisotopic (exact) mass is 294 g/mol. The fourth-order valence-electron chi connectivity index (χ4n) is 3.59. The van der Waals surface area contributed by atoms with Crippen molar-refractivity contribution in [3.8, 4) is 0 Å².